The minimum Gasteiger partial charge on any atom is -0.480 e. The van der Waals surface area contributed by atoms with Crippen LogP contribution in [0.2, 0.25) is 0 Å². The van der Waals surface area contributed by atoms with Crippen LogP contribution in [0, 0.1) is 17.2 Å². The minimum atomic E-state index is -1.27. The summed E-state index contributed by atoms with van der Waals surface area (Å²) in [7, 11) is 0. The Morgan fingerprint density at radius 3 is 2.55 bits per heavy atom. The second-order valence-corrected chi connectivity index (χ2v) is 4.17. The second-order valence-electron chi connectivity index (χ2n) is 4.17. The van der Waals surface area contributed by atoms with E-state index in [9.17, 15) is 9.59 Å². The van der Waals surface area contributed by atoms with E-state index in [1.54, 1.807) is 31.2 Å². The monoisotopic (exact) mass is 276 g/mol. The molecule has 0 aliphatic heterocycles. The van der Waals surface area contributed by atoms with Crippen molar-refractivity contribution in [3.8, 4) is 6.07 Å². The smallest absolute Gasteiger partial charge is 0.408 e. The fourth-order valence-electron chi connectivity index (χ4n) is 1.63. The highest BCUT2D eigenvalue weighted by molar-refractivity contribution is 5.80. The molecular formula is C14H16N2O4. The maximum absolute atomic E-state index is 11.6. The van der Waals surface area contributed by atoms with Crippen molar-refractivity contribution in [2.45, 2.75) is 26.0 Å². The molecule has 2 atom stereocenters. The van der Waals surface area contributed by atoms with Crippen LogP contribution in [0.1, 0.15) is 18.9 Å². The number of carbonyl (C=O) groups is 2. The zero-order valence-electron chi connectivity index (χ0n) is 11.1. The molecule has 0 saturated carbocycles. The highest BCUT2D eigenvalue weighted by atomic mass is 16.5. The first-order chi connectivity index (χ1) is 9.58. The molecule has 0 heterocycles. The quantitative estimate of drug-likeness (QED) is 0.826. The molecule has 2 N–H and O–H groups in total. The number of aliphatic carboxylic acids is 1. The van der Waals surface area contributed by atoms with Gasteiger partial charge in [-0.05, 0) is 12.0 Å². The van der Waals surface area contributed by atoms with Gasteiger partial charge >= 0.3 is 12.1 Å². The Hall–Kier alpha value is -2.55. The molecule has 0 aliphatic carbocycles. The normalized spacial score (nSPS) is 12.8. The first-order valence-corrected chi connectivity index (χ1v) is 6.18. The number of carbonyl (C=O) groups excluding carboxylic acids is 1. The van der Waals surface area contributed by atoms with E-state index in [1.165, 1.54) is 0 Å². The Bertz CT molecular complexity index is 496. The fraction of sp³-hybridized carbons (Fsp3) is 0.357. The molecule has 106 valence electrons. The molecule has 1 amide bonds. The van der Waals surface area contributed by atoms with Crippen LogP contribution in [0.15, 0.2) is 30.3 Å². The topological polar surface area (TPSA) is 99.4 Å². The summed E-state index contributed by atoms with van der Waals surface area (Å²) in [4.78, 5) is 22.6. The molecule has 2 unspecified atom stereocenters. The molecule has 1 aromatic rings. The highest BCUT2D eigenvalue weighted by Crippen LogP contribution is 2.09. The van der Waals surface area contributed by atoms with Crippen LogP contribution in [0.4, 0.5) is 4.79 Å². The number of hydrogen-bond acceptors (Lipinski definition) is 4. The molecule has 0 aliphatic rings. The summed E-state index contributed by atoms with van der Waals surface area (Å²) >= 11 is 0. The van der Waals surface area contributed by atoms with Gasteiger partial charge in [-0.15, -0.1) is 0 Å². The number of benzene rings is 1. The van der Waals surface area contributed by atoms with Crippen LogP contribution in [0.25, 0.3) is 0 Å². The van der Waals surface area contributed by atoms with Gasteiger partial charge in [-0.25, -0.2) is 9.59 Å². The van der Waals surface area contributed by atoms with Crippen molar-refractivity contribution in [2.75, 3.05) is 0 Å². The van der Waals surface area contributed by atoms with Crippen LogP contribution >= 0.6 is 0 Å². The van der Waals surface area contributed by atoms with Gasteiger partial charge in [0, 0.05) is 0 Å². The summed E-state index contributed by atoms with van der Waals surface area (Å²) < 4.78 is 4.93. The molecule has 6 nitrogen and oxygen atoms in total. The third-order valence-electron chi connectivity index (χ3n) is 2.76. The average Bonchev–Trinajstić information content (AvgIpc) is 2.46. The lowest BCUT2D eigenvalue weighted by Crippen LogP contribution is -2.45. The van der Waals surface area contributed by atoms with Gasteiger partial charge in [-0.2, -0.15) is 5.26 Å². The maximum Gasteiger partial charge on any atom is 0.408 e. The molecule has 0 bridgehead atoms. The molecule has 0 radical (unpaired) electrons. The van der Waals surface area contributed by atoms with Crippen LogP contribution in [-0.2, 0) is 16.1 Å². The van der Waals surface area contributed by atoms with E-state index in [4.69, 9.17) is 15.1 Å². The van der Waals surface area contributed by atoms with Crippen LogP contribution in [0.3, 0.4) is 0 Å². The first-order valence-electron chi connectivity index (χ1n) is 6.18. The zero-order valence-corrected chi connectivity index (χ0v) is 11.1. The van der Waals surface area contributed by atoms with Gasteiger partial charge in [0.1, 0.15) is 12.6 Å². The number of nitrogens with zero attached hydrogens (tertiary/aromatic N) is 1. The van der Waals surface area contributed by atoms with Crippen molar-refractivity contribution in [2.24, 2.45) is 5.92 Å². The molecule has 1 aromatic carbocycles. The van der Waals surface area contributed by atoms with Gasteiger partial charge < -0.3 is 15.2 Å². The predicted octanol–water partition coefficient (Wildman–Crippen LogP) is 1.92. The summed E-state index contributed by atoms with van der Waals surface area (Å²) in [5, 5.41) is 20.1. The Labute approximate surface area is 117 Å². The Kier molecular flexibility index (Phi) is 6.04. The van der Waals surface area contributed by atoms with Crippen LogP contribution in [0.5, 0.6) is 0 Å². The Balaban J connectivity index is 2.55. The third-order valence-corrected chi connectivity index (χ3v) is 2.76. The van der Waals surface area contributed by atoms with Crippen LogP contribution in [-0.4, -0.2) is 23.2 Å². The lowest BCUT2D eigenvalue weighted by atomic mass is 9.99. The van der Waals surface area contributed by atoms with Gasteiger partial charge in [0.15, 0.2) is 0 Å². The second kappa shape index (κ2) is 7.79. The van der Waals surface area contributed by atoms with Crippen molar-refractivity contribution in [3.63, 3.8) is 0 Å². The first kappa shape index (κ1) is 15.5. The molecular weight excluding hydrogens is 260 g/mol. The van der Waals surface area contributed by atoms with E-state index in [-0.39, 0.29) is 6.61 Å². The molecule has 6 heteroatoms. The predicted molar refractivity (Wildman–Crippen MR) is 70.6 cm³/mol. The van der Waals surface area contributed by atoms with Crippen molar-refractivity contribution in [1.29, 1.82) is 5.26 Å². The Morgan fingerprint density at radius 1 is 1.40 bits per heavy atom. The lowest BCUT2D eigenvalue weighted by molar-refractivity contribution is -0.140. The van der Waals surface area contributed by atoms with Crippen molar-refractivity contribution < 1.29 is 19.4 Å². The van der Waals surface area contributed by atoms with Crippen molar-refractivity contribution in [3.05, 3.63) is 35.9 Å². The van der Waals surface area contributed by atoms with E-state index in [2.05, 4.69) is 5.32 Å². The molecule has 0 aromatic heterocycles. The maximum atomic E-state index is 11.6. The van der Waals surface area contributed by atoms with Gasteiger partial charge in [0.05, 0.1) is 12.0 Å². The summed E-state index contributed by atoms with van der Waals surface area (Å²) in [6.07, 6.45) is -0.526. The number of hydrogen-bond donors (Lipinski definition) is 2. The minimum absolute atomic E-state index is 0.0440. The number of carboxylic acid groups (broad SMARTS) is 1. The van der Waals surface area contributed by atoms with Gasteiger partial charge in [0.2, 0.25) is 0 Å². The number of alkyl carbamates (subject to hydrolysis) is 1. The SMILES string of the molecule is CCC(C#N)C(NC(=O)OCc1ccccc1)C(=O)O. The summed E-state index contributed by atoms with van der Waals surface area (Å²) in [6, 6.07) is 9.60. The number of nitrogens with one attached hydrogen (secondary N) is 1. The van der Waals surface area contributed by atoms with E-state index in [1.807, 2.05) is 12.1 Å². The number of nitriles is 1. The summed E-state index contributed by atoms with van der Waals surface area (Å²) in [5.41, 5.74) is 0.793. The summed E-state index contributed by atoms with van der Waals surface area (Å²) in [6.45, 7) is 1.73. The molecule has 1 rings (SSSR count). The van der Waals surface area contributed by atoms with Crippen molar-refractivity contribution >= 4 is 12.1 Å². The number of carboxylic acids is 1. The largest absolute Gasteiger partial charge is 0.480 e. The number of amides is 1. The molecule has 20 heavy (non-hydrogen) atoms. The van der Waals surface area contributed by atoms with E-state index in [0.717, 1.165) is 5.56 Å². The molecule has 0 fully saturated rings. The van der Waals surface area contributed by atoms with Crippen molar-refractivity contribution in [1.82, 2.24) is 5.32 Å². The Morgan fingerprint density at radius 2 is 2.05 bits per heavy atom. The zero-order chi connectivity index (χ0) is 15.0. The number of ether oxygens (including phenoxy) is 1. The van der Waals surface area contributed by atoms with Gasteiger partial charge in [-0.1, -0.05) is 37.3 Å². The fourth-order valence-corrected chi connectivity index (χ4v) is 1.63. The number of rotatable bonds is 6. The molecule has 0 spiro atoms. The van der Waals surface area contributed by atoms with E-state index in [0.29, 0.717) is 6.42 Å². The van der Waals surface area contributed by atoms with E-state index < -0.39 is 24.0 Å². The van der Waals surface area contributed by atoms with Gasteiger partial charge in [0.25, 0.3) is 0 Å². The van der Waals surface area contributed by atoms with E-state index >= 15 is 0 Å². The standard InChI is InChI=1S/C14H16N2O4/c1-2-11(8-15)12(13(17)18)16-14(19)20-9-10-6-4-3-5-7-10/h3-7,11-12H,2,9H2,1H3,(H,16,19)(H,17,18). The van der Waals surface area contributed by atoms with Crippen LogP contribution < -0.4 is 5.32 Å². The third kappa shape index (κ3) is 4.61. The molecule has 0 saturated heterocycles. The summed E-state index contributed by atoms with van der Waals surface area (Å²) in [5.74, 6) is -2.05. The highest BCUT2D eigenvalue weighted by Gasteiger charge is 2.29. The van der Waals surface area contributed by atoms with Gasteiger partial charge in [-0.3, -0.25) is 0 Å². The average molecular weight is 276 g/mol. The lowest BCUT2D eigenvalue weighted by Gasteiger charge is -2.17.